The third-order valence-electron chi connectivity index (χ3n) is 6.93. The van der Waals surface area contributed by atoms with E-state index in [1.807, 2.05) is 11.8 Å². The third-order valence-corrected chi connectivity index (χ3v) is 10.3. The Bertz CT molecular complexity index is 987. The second-order valence-electron chi connectivity index (χ2n) is 9.55. The van der Waals surface area contributed by atoms with Crippen LogP contribution in [0.2, 0.25) is 0 Å². The van der Waals surface area contributed by atoms with Crippen LogP contribution >= 0.6 is 11.8 Å². The van der Waals surface area contributed by atoms with Crippen LogP contribution in [-0.2, 0) is 19.6 Å². The van der Waals surface area contributed by atoms with E-state index in [1.165, 1.54) is 53.4 Å². The summed E-state index contributed by atoms with van der Waals surface area (Å²) in [6, 6.07) is 4.58. The van der Waals surface area contributed by atoms with E-state index in [-0.39, 0.29) is 29.9 Å². The molecule has 35 heavy (non-hydrogen) atoms. The minimum Gasteiger partial charge on any atom is -0.482 e. The molecule has 1 aromatic carbocycles. The highest BCUT2D eigenvalue weighted by atomic mass is 32.2. The summed E-state index contributed by atoms with van der Waals surface area (Å²) in [5.74, 6) is 0.817. The number of rotatable bonds is 9. The van der Waals surface area contributed by atoms with Gasteiger partial charge < -0.3 is 10.1 Å². The molecule has 0 aromatic heterocycles. The molecule has 1 saturated carbocycles. The largest absolute Gasteiger partial charge is 0.482 e. The smallest absolute Gasteiger partial charge is 0.265 e. The normalized spacial score (nSPS) is 20.1. The van der Waals surface area contributed by atoms with Crippen molar-refractivity contribution < 1.29 is 22.7 Å². The maximum Gasteiger partial charge on any atom is 0.265 e. The summed E-state index contributed by atoms with van der Waals surface area (Å²) >= 11 is 2.00. The Morgan fingerprint density at radius 2 is 1.77 bits per heavy atom. The van der Waals surface area contributed by atoms with Gasteiger partial charge in [-0.15, -0.1) is 0 Å². The van der Waals surface area contributed by atoms with Crippen molar-refractivity contribution in [3.8, 4) is 5.75 Å². The van der Waals surface area contributed by atoms with Crippen LogP contribution in [-0.4, -0.2) is 68.3 Å². The highest BCUT2D eigenvalue weighted by Crippen LogP contribution is 2.35. The molecular formula is C25H37N3O5S2. The lowest BCUT2D eigenvalue weighted by atomic mass is 10.0. The lowest BCUT2D eigenvalue weighted by molar-refractivity contribution is -0.125. The number of fused-ring (bicyclic) bond motifs is 1. The number of anilines is 1. The van der Waals surface area contributed by atoms with Gasteiger partial charge in [0.25, 0.3) is 5.91 Å². The van der Waals surface area contributed by atoms with Gasteiger partial charge in [0.1, 0.15) is 12.3 Å². The molecule has 4 rings (SSSR count). The molecule has 0 radical (unpaired) electrons. The standard InChI is InChI=1S/C25H37N3O5S2/c29-24(26-13-8-16-34-20-9-4-3-5-10-20)18-28-22-17-21(11-12-23(22)33-19-25(28)30)35(31,32)27-14-6-1-2-7-15-27/h11-12,17,20H,1-10,13-16,18-19H2,(H,26,29). The molecule has 2 aliphatic heterocycles. The van der Waals surface area contributed by atoms with E-state index < -0.39 is 10.0 Å². The van der Waals surface area contributed by atoms with E-state index in [0.717, 1.165) is 43.1 Å². The molecule has 2 heterocycles. The monoisotopic (exact) mass is 523 g/mol. The molecule has 1 saturated heterocycles. The number of carbonyl (C=O) groups is 2. The van der Waals surface area contributed by atoms with Crippen molar-refractivity contribution >= 4 is 39.3 Å². The van der Waals surface area contributed by atoms with Gasteiger partial charge in [0, 0.05) is 24.9 Å². The summed E-state index contributed by atoms with van der Waals surface area (Å²) in [7, 11) is -3.68. The van der Waals surface area contributed by atoms with Gasteiger partial charge in [-0.1, -0.05) is 32.1 Å². The van der Waals surface area contributed by atoms with E-state index in [0.29, 0.717) is 31.1 Å². The number of nitrogens with one attached hydrogen (secondary N) is 1. The zero-order valence-electron chi connectivity index (χ0n) is 20.4. The molecule has 0 unspecified atom stereocenters. The Morgan fingerprint density at radius 1 is 1.06 bits per heavy atom. The summed E-state index contributed by atoms with van der Waals surface area (Å²) in [5, 5.41) is 3.66. The average Bonchev–Trinajstić information content (AvgIpc) is 3.16. The number of nitrogens with zero attached hydrogens (tertiary/aromatic N) is 2. The van der Waals surface area contributed by atoms with Gasteiger partial charge in [0.2, 0.25) is 15.9 Å². The van der Waals surface area contributed by atoms with Crippen molar-refractivity contribution in [3.63, 3.8) is 0 Å². The van der Waals surface area contributed by atoms with Crippen molar-refractivity contribution in [2.75, 3.05) is 43.4 Å². The van der Waals surface area contributed by atoms with Crippen molar-refractivity contribution in [1.29, 1.82) is 0 Å². The third kappa shape index (κ3) is 6.92. The number of ether oxygens (including phenoxy) is 1. The number of thioether (sulfide) groups is 1. The van der Waals surface area contributed by atoms with Gasteiger partial charge >= 0.3 is 0 Å². The maximum absolute atomic E-state index is 13.3. The second-order valence-corrected chi connectivity index (χ2v) is 12.9. The number of benzene rings is 1. The van der Waals surface area contributed by atoms with Gasteiger partial charge in [-0.05, 0) is 56.1 Å². The molecule has 0 bridgehead atoms. The number of hydrogen-bond donors (Lipinski definition) is 1. The Morgan fingerprint density at radius 3 is 2.51 bits per heavy atom. The average molecular weight is 524 g/mol. The lowest BCUT2D eigenvalue weighted by Crippen LogP contribution is -2.45. The first-order chi connectivity index (χ1) is 16.9. The van der Waals surface area contributed by atoms with Gasteiger partial charge in [0.15, 0.2) is 6.61 Å². The van der Waals surface area contributed by atoms with Gasteiger partial charge in [0.05, 0.1) is 10.6 Å². The summed E-state index contributed by atoms with van der Waals surface area (Å²) in [5.41, 5.74) is 0.333. The van der Waals surface area contributed by atoms with Crippen LogP contribution in [0.1, 0.15) is 64.2 Å². The first-order valence-corrected chi connectivity index (χ1v) is 15.4. The van der Waals surface area contributed by atoms with Crippen LogP contribution < -0.4 is 15.0 Å². The zero-order chi connectivity index (χ0) is 24.7. The van der Waals surface area contributed by atoms with Crippen molar-refractivity contribution in [3.05, 3.63) is 18.2 Å². The zero-order valence-corrected chi connectivity index (χ0v) is 22.0. The molecule has 0 atom stereocenters. The van der Waals surface area contributed by atoms with Gasteiger partial charge in [-0.25, -0.2) is 8.42 Å². The Kier molecular flexibility index (Phi) is 9.35. The number of sulfonamides is 1. The Hall–Kier alpha value is -1.78. The minimum atomic E-state index is -3.68. The Balaban J connectivity index is 1.35. The van der Waals surface area contributed by atoms with E-state index >= 15 is 0 Å². The predicted octanol–water partition coefficient (Wildman–Crippen LogP) is 3.55. The lowest BCUT2D eigenvalue weighted by Gasteiger charge is -2.30. The van der Waals surface area contributed by atoms with Crippen LogP contribution in [0.3, 0.4) is 0 Å². The molecule has 3 aliphatic rings. The molecule has 1 aromatic rings. The molecule has 1 aliphatic carbocycles. The fourth-order valence-electron chi connectivity index (χ4n) is 4.93. The highest BCUT2D eigenvalue weighted by molar-refractivity contribution is 7.99. The molecule has 194 valence electrons. The van der Waals surface area contributed by atoms with Gasteiger partial charge in [-0.3, -0.25) is 14.5 Å². The number of carbonyl (C=O) groups excluding carboxylic acids is 2. The molecule has 0 spiro atoms. The summed E-state index contributed by atoms with van der Waals surface area (Å²) in [6.45, 7) is 1.24. The quantitative estimate of drug-likeness (QED) is 0.498. The van der Waals surface area contributed by atoms with Crippen LogP contribution in [0.15, 0.2) is 23.1 Å². The number of amides is 2. The van der Waals surface area contributed by atoms with Crippen LogP contribution in [0.25, 0.3) is 0 Å². The van der Waals surface area contributed by atoms with E-state index in [9.17, 15) is 18.0 Å². The van der Waals surface area contributed by atoms with Gasteiger partial charge in [-0.2, -0.15) is 16.1 Å². The highest BCUT2D eigenvalue weighted by Gasteiger charge is 2.31. The summed E-state index contributed by atoms with van der Waals surface area (Å²) in [4.78, 5) is 26.7. The van der Waals surface area contributed by atoms with Crippen molar-refractivity contribution in [2.45, 2.75) is 74.4 Å². The second kappa shape index (κ2) is 12.5. The van der Waals surface area contributed by atoms with Crippen molar-refractivity contribution in [2.24, 2.45) is 0 Å². The minimum absolute atomic E-state index is 0.126. The van der Waals surface area contributed by atoms with Crippen molar-refractivity contribution in [1.82, 2.24) is 9.62 Å². The maximum atomic E-state index is 13.3. The molecule has 8 nitrogen and oxygen atoms in total. The topological polar surface area (TPSA) is 96.0 Å². The Labute approximate surface area is 213 Å². The van der Waals surface area contributed by atoms with E-state index in [1.54, 1.807) is 6.07 Å². The fraction of sp³-hybridized carbons (Fsp3) is 0.680. The predicted molar refractivity (Wildman–Crippen MR) is 138 cm³/mol. The SMILES string of the molecule is O=C(CN1C(=O)COc2ccc(S(=O)(=O)N3CCCCCC3)cc21)NCCCSC1CCCCC1. The first kappa shape index (κ1) is 26.3. The van der Waals surface area contributed by atoms with Crippen LogP contribution in [0, 0.1) is 0 Å². The molecule has 2 amide bonds. The van der Waals surface area contributed by atoms with Crippen LogP contribution in [0.4, 0.5) is 5.69 Å². The molecule has 10 heteroatoms. The molecule has 1 N–H and O–H groups in total. The van der Waals surface area contributed by atoms with E-state index in [4.69, 9.17) is 4.74 Å². The molecule has 2 fully saturated rings. The first-order valence-electron chi connectivity index (χ1n) is 12.9. The number of hydrogen-bond acceptors (Lipinski definition) is 6. The van der Waals surface area contributed by atoms with E-state index in [2.05, 4.69) is 5.32 Å². The summed E-state index contributed by atoms with van der Waals surface area (Å²) in [6.07, 6.45) is 11.2. The van der Waals surface area contributed by atoms with Crippen LogP contribution in [0.5, 0.6) is 5.75 Å². The molecular weight excluding hydrogens is 486 g/mol. The summed E-state index contributed by atoms with van der Waals surface area (Å²) < 4.78 is 33.5. The fourth-order valence-corrected chi connectivity index (χ4v) is 7.78.